The van der Waals surface area contributed by atoms with Crippen molar-refractivity contribution in [3.05, 3.63) is 69.1 Å². The van der Waals surface area contributed by atoms with E-state index >= 15 is 0 Å². The predicted molar refractivity (Wildman–Crippen MR) is 121 cm³/mol. The van der Waals surface area contributed by atoms with Crippen molar-refractivity contribution in [2.75, 3.05) is 7.11 Å². The van der Waals surface area contributed by atoms with E-state index in [2.05, 4.69) is 27.1 Å². The fraction of sp³-hybridized carbons (Fsp3) is 0.190. The highest BCUT2D eigenvalue weighted by molar-refractivity contribution is 7.98. The van der Waals surface area contributed by atoms with Gasteiger partial charge in [0.1, 0.15) is 23.1 Å². The Balaban J connectivity index is 1.35. The topological polar surface area (TPSA) is 72.9 Å². The van der Waals surface area contributed by atoms with Crippen molar-refractivity contribution >= 4 is 34.7 Å². The number of benzene rings is 2. The lowest BCUT2D eigenvalue weighted by atomic mass is 10.2. The van der Waals surface area contributed by atoms with Gasteiger partial charge in [0.05, 0.1) is 18.4 Å². The minimum absolute atomic E-state index is 0.456. The van der Waals surface area contributed by atoms with E-state index in [9.17, 15) is 0 Å². The zero-order valence-corrected chi connectivity index (χ0v) is 18.8. The van der Waals surface area contributed by atoms with Crippen LogP contribution in [-0.2, 0) is 12.4 Å². The Kier molecular flexibility index (Phi) is 6.56. The lowest BCUT2D eigenvalue weighted by molar-refractivity contribution is 0.305. The summed E-state index contributed by atoms with van der Waals surface area (Å²) in [6.07, 6.45) is 0. The summed E-state index contributed by atoms with van der Waals surface area (Å²) in [5, 5.41) is 11.4. The summed E-state index contributed by atoms with van der Waals surface area (Å²) in [5.41, 5.74) is 2.95. The van der Waals surface area contributed by atoms with Crippen molar-refractivity contribution in [1.29, 1.82) is 0 Å². The standard InChI is InChI=1S/C21H19ClN4O2S2/c1-13-3-6-16(7-4-13)28-10-19-23-15(11-29-19)12-30-21-24-20(25-26-21)17-9-14(22)5-8-18(17)27-2/h3-9,11H,10,12H2,1-2H3,(H,24,25,26). The van der Waals surface area contributed by atoms with Crippen LogP contribution >= 0.6 is 34.7 Å². The maximum atomic E-state index is 6.11. The van der Waals surface area contributed by atoms with E-state index in [1.807, 2.05) is 35.7 Å². The summed E-state index contributed by atoms with van der Waals surface area (Å²) in [7, 11) is 1.61. The summed E-state index contributed by atoms with van der Waals surface area (Å²) in [6, 6.07) is 13.4. The normalized spacial score (nSPS) is 10.9. The fourth-order valence-corrected chi connectivity index (χ4v) is 4.37. The van der Waals surface area contributed by atoms with Gasteiger partial charge in [0.2, 0.25) is 5.16 Å². The highest BCUT2D eigenvalue weighted by Crippen LogP contribution is 2.31. The van der Waals surface area contributed by atoms with Gasteiger partial charge >= 0.3 is 0 Å². The molecule has 0 saturated heterocycles. The Hall–Kier alpha value is -2.55. The predicted octanol–water partition coefficient (Wildman–Crippen LogP) is 5.77. The number of halogens is 1. The molecule has 0 amide bonds. The molecule has 0 spiro atoms. The number of aromatic amines is 1. The molecular weight excluding hydrogens is 440 g/mol. The van der Waals surface area contributed by atoms with Crippen LogP contribution in [0.1, 0.15) is 16.3 Å². The van der Waals surface area contributed by atoms with Gasteiger partial charge in [-0.1, -0.05) is 41.1 Å². The van der Waals surface area contributed by atoms with E-state index in [4.69, 9.17) is 21.1 Å². The van der Waals surface area contributed by atoms with E-state index in [0.29, 0.717) is 34.1 Å². The average molecular weight is 459 g/mol. The molecule has 4 rings (SSSR count). The quantitative estimate of drug-likeness (QED) is 0.338. The summed E-state index contributed by atoms with van der Waals surface area (Å²) >= 11 is 9.20. The Morgan fingerprint density at radius 1 is 1.13 bits per heavy atom. The zero-order chi connectivity index (χ0) is 20.9. The zero-order valence-electron chi connectivity index (χ0n) is 16.4. The number of hydrogen-bond donors (Lipinski definition) is 1. The third-order valence-corrected chi connectivity index (χ3v) is 6.20. The number of aryl methyl sites for hydroxylation is 1. The van der Waals surface area contributed by atoms with Gasteiger partial charge in [0.15, 0.2) is 5.82 Å². The molecule has 0 atom stereocenters. The third-order valence-electron chi connectivity index (χ3n) is 4.21. The van der Waals surface area contributed by atoms with Crippen molar-refractivity contribution in [3.63, 3.8) is 0 Å². The van der Waals surface area contributed by atoms with E-state index in [0.717, 1.165) is 22.0 Å². The first-order valence-corrected chi connectivity index (χ1v) is 11.4. The number of thiazole rings is 1. The molecule has 2 heterocycles. The molecule has 6 nitrogen and oxygen atoms in total. The Bertz CT molecular complexity index is 1130. The number of H-pyrrole nitrogens is 1. The molecule has 4 aromatic rings. The molecule has 2 aromatic carbocycles. The largest absolute Gasteiger partial charge is 0.496 e. The van der Waals surface area contributed by atoms with Gasteiger partial charge in [-0.25, -0.2) is 9.97 Å². The maximum Gasteiger partial charge on any atom is 0.209 e. The number of thioether (sulfide) groups is 1. The molecule has 0 radical (unpaired) electrons. The highest BCUT2D eigenvalue weighted by Gasteiger charge is 2.13. The van der Waals surface area contributed by atoms with Gasteiger partial charge in [0, 0.05) is 16.2 Å². The second kappa shape index (κ2) is 9.51. The van der Waals surface area contributed by atoms with Gasteiger partial charge in [-0.2, -0.15) is 0 Å². The van der Waals surface area contributed by atoms with Crippen molar-refractivity contribution in [3.8, 4) is 22.9 Å². The molecule has 0 aliphatic carbocycles. The minimum atomic E-state index is 0.456. The first-order chi connectivity index (χ1) is 14.6. The fourth-order valence-electron chi connectivity index (χ4n) is 2.70. The van der Waals surface area contributed by atoms with Crippen LogP contribution in [0.2, 0.25) is 5.02 Å². The van der Waals surface area contributed by atoms with E-state index in [-0.39, 0.29) is 0 Å². The number of rotatable bonds is 8. The SMILES string of the molecule is COc1ccc(Cl)cc1-c1nc(SCc2csc(COc3ccc(C)cc3)n2)n[nH]1. The van der Waals surface area contributed by atoms with Crippen LogP contribution in [0.3, 0.4) is 0 Å². The summed E-state index contributed by atoms with van der Waals surface area (Å²) in [6.45, 7) is 2.51. The molecule has 0 unspecified atom stereocenters. The lowest BCUT2D eigenvalue weighted by Gasteiger charge is -2.05. The van der Waals surface area contributed by atoms with E-state index < -0.39 is 0 Å². The summed E-state index contributed by atoms with van der Waals surface area (Å²) in [5.74, 6) is 2.81. The van der Waals surface area contributed by atoms with Gasteiger partial charge in [-0.05, 0) is 37.3 Å². The molecule has 154 valence electrons. The lowest BCUT2D eigenvalue weighted by Crippen LogP contribution is -1.95. The molecule has 0 fully saturated rings. The van der Waals surface area contributed by atoms with Crippen molar-refractivity contribution in [1.82, 2.24) is 20.2 Å². The molecule has 9 heteroatoms. The highest BCUT2D eigenvalue weighted by atomic mass is 35.5. The first kappa shape index (κ1) is 20.7. The Morgan fingerprint density at radius 2 is 1.97 bits per heavy atom. The molecule has 0 saturated carbocycles. The van der Waals surface area contributed by atoms with Gasteiger partial charge in [-0.15, -0.1) is 16.4 Å². The average Bonchev–Trinajstić information content (AvgIpc) is 3.41. The van der Waals surface area contributed by atoms with Gasteiger partial charge in [-0.3, -0.25) is 5.10 Å². The van der Waals surface area contributed by atoms with Crippen LogP contribution in [0.15, 0.2) is 53.0 Å². The molecule has 0 bridgehead atoms. The van der Waals surface area contributed by atoms with Crippen molar-refractivity contribution in [2.45, 2.75) is 24.4 Å². The van der Waals surface area contributed by atoms with Crippen molar-refractivity contribution in [2.24, 2.45) is 0 Å². The second-order valence-electron chi connectivity index (χ2n) is 6.43. The van der Waals surface area contributed by atoms with Crippen LogP contribution in [0.4, 0.5) is 0 Å². The summed E-state index contributed by atoms with van der Waals surface area (Å²) < 4.78 is 11.2. The molecule has 2 aromatic heterocycles. The third kappa shape index (κ3) is 5.13. The van der Waals surface area contributed by atoms with Crippen LogP contribution in [0, 0.1) is 6.92 Å². The second-order valence-corrected chi connectivity index (χ2v) is 8.76. The molecule has 30 heavy (non-hydrogen) atoms. The minimum Gasteiger partial charge on any atom is -0.496 e. The summed E-state index contributed by atoms with van der Waals surface area (Å²) in [4.78, 5) is 9.18. The molecule has 1 N–H and O–H groups in total. The molecule has 0 aliphatic rings. The number of ether oxygens (including phenoxy) is 2. The van der Waals surface area contributed by atoms with Crippen molar-refractivity contribution < 1.29 is 9.47 Å². The number of nitrogens with one attached hydrogen (secondary N) is 1. The van der Waals surface area contributed by atoms with Gasteiger partial charge < -0.3 is 9.47 Å². The van der Waals surface area contributed by atoms with Crippen LogP contribution in [-0.4, -0.2) is 27.3 Å². The number of methoxy groups -OCH3 is 1. The number of aromatic nitrogens is 4. The van der Waals surface area contributed by atoms with E-state index in [1.54, 1.807) is 30.6 Å². The number of nitrogens with zero attached hydrogens (tertiary/aromatic N) is 3. The monoisotopic (exact) mass is 458 g/mol. The van der Waals surface area contributed by atoms with Gasteiger partial charge in [0.25, 0.3) is 0 Å². The molecule has 0 aliphatic heterocycles. The smallest absolute Gasteiger partial charge is 0.209 e. The Labute approximate surface area is 187 Å². The maximum absolute atomic E-state index is 6.11. The van der Waals surface area contributed by atoms with Crippen LogP contribution in [0.5, 0.6) is 11.5 Å². The van der Waals surface area contributed by atoms with E-state index in [1.165, 1.54) is 17.3 Å². The first-order valence-electron chi connectivity index (χ1n) is 9.12. The molecular formula is C21H19ClN4O2S2. The van der Waals surface area contributed by atoms with Crippen LogP contribution < -0.4 is 9.47 Å². The number of hydrogen-bond acceptors (Lipinski definition) is 7. The Morgan fingerprint density at radius 3 is 2.77 bits per heavy atom. The van der Waals surface area contributed by atoms with Crippen LogP contribution in [0.25, 0.3) is 11.4 Å².